The van der Waals surface area contributed by atoms with Crippen LogP contribution in [0.25, 0.3) is 0 Å². The average molecular weight is 545 g/mol. The molecule has 0 saturated heterocycles. The maximum atomic E-state index is 4.41. The van der Waals surface area contributed by atoms with Gasteiger partial charge in [-0.25, -0.2) is 0 Å². The fourth-order valence-electron chi connectivity index (χ4n) is 4.04. The number of hydrogen-bond acceptors (Lipinski definition) is 0. The van der Waals surface area contributed by atoms with Crippen molar-refractivity contribution in [1.82, 2.24) is 0 Å². The Bertz CT molecular complexity index is 667. The monoisotopic (exact) mass is 542 g/mol. The molecule has 0 atom stereocenters. The van der Waals surface area contributed by atoms with Crippen LogP contribution in [-0.4, -0.2) is 16.1 Å². The summed E-state index contributed by atoms with van der Waals surface area (Å²) in [6.45, 7) is 23.5. The van der Waals surface area contributed by atoms with Crippen LogP contribution in [0.2, 0.25) is 51.4 Å². The smallest absolute Gasteiger partial charge is 1.00 e. The van der Waals surface area contributed by atoms with Gasteiger partial charge in [-0.15, -0.1) is 0 Å². The largest absolute Gasteiger partial charge is 1.00 e. The molecule has 5 heteroatoms. The van der Waals surface area contributed by atoms with Gasteiger partial charge in [-0.2, -0.15) is 0 Å². The summed E-state index contributed by atoms with van der Waals surface area (Å²) >= 11 is -0.655. The summed E-state index contributed by atoms with van der Waals surface area (Å²) in [5, 5.41) is 0. The van der Waals surface area contributed by atoms with E-state index in [4.69, 9.17) is 0 Å². The van der Waals surface area contributed by atoms with E-state index in [1.165, 1.54) is 36.1 Å². The van der Waals surface area contributed by atoms with Crippen LogP contribution >= 0.6 is 0 Å². The van der Waals surface area contributed by atoms with E-state index in [0.29, 0.717) is 0 Å². The van der Waals surface area contributed by atoms with Gasteiger partial charge in [0.2, 0.25) is 0 Å². The van der Waals surface area contributed by atoms with Gasteiger partial charge in [0.25, 0.3) is 0 Å². The second-order valence-corrected chi connectivity index (χ2v) is 25.2. The first-order valence-corrected chi connectivity index (χ1v) is 20.2. The summed E-state index contributed by atoms with van der Waals surface area (Å²) < 4.78 is 3.59. The fourth-order valence-corrected chi connectivity index (χ4v) is 10.9. The Kier molecular flexibility index (Phi) is 12.5. The van der Waals surface area contributed by atoms with Gasteiger partial charge in [-0.3, -0.25) is 0 Å². The molecule has 2 aliphatic rings. The molecule has 2 rings (SSSR count). The second kappa shape index (κ2) is 12.4. The van der Waals surface area contributed by atoms with Gasteiger partial charge in [0.15, 0.2) is 0 Å². The van der Waals surface area contributed by atoms with Crippen molar-refractivity contribution >= 4 is 16.1 Å². The van der Waals surface area contributed by atoms with Crippen LogP contribution in [0.1, 0.15) is 25.7 Å². The average Bonchev–Trinajstić information content (AvgIpc) is 3.06. The van der Waals surface area contributed by atoms with E-state index in [1.807, 2.05) is 0 Å². The second-order valence-electron chi connectivity index (χ2n) is 10.7. The number of rotatable bonds is 10. The molecule has 0 unspecified atom stereocenters. The van der Waals surface area contributed by atoms with Crippen molar-refractivity contribution in [2.45, 2.75) is 77.1 Å². The van der Waals surface area contributed by atoms with Gasteiger partial charge in [0.1, 0.15) is 0 Å². The summed E-state index contributed by atoms with van der Waals surface area (Å²) in [4.78, 5) is 0. The Hall–Kier alpha value is 0.337. The summed E-state index contributed by atoms with van der Waals surface area (Å²) in [5.74, 6) is 0. The van der Waals surface area contributed by atoms with Crippen LogP contribution in [0, 0.1) is 0 Å². The zero-order valence-corrected chi connectivity index (χ0v) is 25.2. The molecule has 160 valence electrons. The van der Waals surface area contributed by atoms with Gasteiger partial charge >= 0.3 is 183 Å². The van der Waals surface area contributed by atoms with Crippen molar-refractivity contribution in [3.8, 4) is 0 Å². The first-order chi connectivity index (χ1) is 12.4. The predicted octanol–water partition coefficient (Wildman–Crippen LogP) is 2.07. The van der Waals surface area contributed by atoms with Crippen molar-refractivity contribution in [3.05, 3.63) is 66.3 Å². The quantitative estimate of drug-likeness (QED) is 0.292. The van der Waals surface area contributed by atoms with Crippen LogP contribution in [0.3, 0.4) is 0 Å². The maximum absolute atomic E-state index is 4.41. The molecule has 2 aliphatic carbocycles. The van der Waals surface area contributed by atoms with Gasteiger partial charge in [0, 0.05) is 0 Å². The normalized spacial score (nSPS) is 15.9. The Morgan fingerprint density at radius 1 is 0.759 bits per heavy atom. The molecule has 0 aromatic rings. The number of halogens is 2. The Morgan fingerprint density at radius 2 is 1.10 bits per heavy atom. The zero-order valence-electron chi connectivity index (χ0n) is 19.2. The van der Waals surface area contributed by atoms with E-state index >= 15 is 0 Å². The molecule has 0 nitrogen and oxygen atoms in total. The molecular formula is C24H38Cl2Si2Zr. The van der Waals surface area contributed by atoms with Crippen molar-refractivity contribution in [2.75, 3.05) is 0 Å². The van der Waals surface area contributed by atoms with Gasteiger partial charge in [-0.1, -0.05) is 0 Å². The Morgan fingerprint density at radius 3 is 1.41 bits per heavy atom. The number of allylic oxidation sites excluding steroid dienone is 10. The van der Waals surface area contributed by atoms with E-state index in [9.17, 15) is 0 Å². The summed E-state index contributed by atoms with van der Waals surface area (Å²) in [6.07, 6.45) is 14.2. The molecule has 0 aromatic carbocycles. The van der Waals surface area contributed by atoms with Crippen molar-refractivity contribution in [1.29, 1.82) is 0 Å². The van der Waals surface area contributed by atoms with E-state index in [1.54, 1.807) is 17.7 Å². The van der Waals surface area contributed by atoms with Crippen molar-refractivity contribution in [2.24, 2.45) is 0 Å². The molecule has 0 radical (unpaired) electrons. The molecule has 0 heterocycles. The summed E-state index contributed by atoms with van der Waals surface area (Å²) in [7, 11) is -2.11. The molecule has 0 spiro atoms. The van der Waals surface area contributed by atoms with Gasteiger partial charge in [-0.05, 0) is 0 Å². The molecular weight excluding hydrogens is 507 g/mol. The van der Waals surface area contributed by atoms with Crippen LogP contribution < -0.4 is 24.8 Å². The minimum Gasteiger partial charge on any atom is -1.00 e. The first-order valence-electron chi connectivity index (χ1n) is 10.3. The van der Waals surface area contributed by atoms with E-state index in [-0.39, 0.29) is 24.8 Å². The summed E-state index contributed by atoms with van der Waals surface area (Å²) in [6, 6.07) is 2.52. The van der Waals surface area contributed by atoms with Crippen LogP contribution in [0.5, 0.6) is 0 Å². The predicted molar refractivity (Wildman–Crippen MR) is 125 cm³/mol. The SMILES string of the molecule is C=C(CC1=[C]([Zr+2][C]2=C(CC(=C)C[Si](C)(C)C)C=CC2)CC=C1)C[Si](C)(C)C.[Cl-].[Cl-]. The third kappa shape index (κ3) is 11.0. The fraction of sp³-hybridized carbons (Fsp3) is 0.500. The van der Waals surface area contributed by atoms with Crippen molar-refractivity contribution < 1.29 is 48.0 Å². The number of hydrogen-bond donors (Lipinski definition) is 0. The van der Waals surface area contributed by atoms with Gasteiger partial charge < -0.3 is 24.8 Å². The standard InChI is InChI=1S/2C12H19Si.2ClH.Zr/c2*1-11(10-13(2,3)4)9-12-7-5-6-8-12;;;/h2*5,7H,1,6,9-10H2,2-4H3;2*1H;/q;;;;+2/p-2. The third-order valence-electron chi connectivity index (χ3n) is 4.80. The zero-order chi connectivity index (χ0) is 20.2. The molecule has 0 aromatic heterocycles. The summed E-state index contributed by atoms with van der Waals surface area (Å²) in [5.41, 5.74) is 6.14. The molecule has 0 amide bonds. The minimum atomic E-state index is -1.06. The van der Waals surface area contributed by atoms with E-state index in [0.717, 1.165) is 12.8 Å². The van der Waals surface area contributed by atoms with Crippen molar-refractivity contribution in [3.63, 3.8) is 0 Å². The topological polar surface area (TPSA) is 0 Å². The molecule has 29 heavy (non-hydrogen) atoms. The van der Waals surface area contributed by atoms with Gasteiger partial charge in [0.05, 0.1) is 0 Å². The first kappa shape index (κ1) is 29.3. The third-order valence-corrected chi connectivity index (χ3v) is 12.0. The van der Waals surface area contributed by atoms with E-state index in [2.05, 4.69) is 76.7 Å². The van der Waals surface area contributed by atoms with E-state index < -0.39 is 39.4 Å². The molecule has 0 N–H and O–H groups in total. The maximum Gasteiger partial charge on any atom is -1.00 e. The van der Waals surface area contributed by atoms with Crippen LogP contribution in [0.4, 0.5) is 0 Å². The Labute approximate surface area is 206 Å². The molecule has 0 fully saturated rings. The molecule has 0 aliphatic heterocycles. The molecule has 0 saturated carbocycles. The van der Waals surface area contributed by atoms with Crippen LogP contribution in [-0.2, 0) is 23.2 Å². The molecule has 0 bridgehead atoms. The van der Waals surface area contributed by atoms with Crippen LogP contribution in [0.15, 0.2) is 66.3 Å². The minimum absolute atomic E-state index is 0. The Balaban J connectivity index is 0.00000392.